The number of primary amides is 1. The van der Waals surface area contributed by atoms with Crippen LogP contribution < -0.4 is 15.8 Å². The molecule has 0 aliphatic carbocycles. The smallest absolute Gasteiger partial charge is 0.398 e. The second-order valence-electron chi connectivity index (χ2n) is 9.47. The van der Waals surface area contributed by atoms with Crippen LogP contribution in [0.3, 0.4) is 0 Å². The number of H-pyrrole nitrogens is 1. The molecule has 2 amide bonds. The zero-order valence-corrected chi connectivity index (χ0v) is 21.9. The van der Waals surface area contributed by atoms with Gasteiger partial charge in [-0.05, 0) is 71.4 Å². The summed E-state index contributed by atoms with van der Waals surface area (Å²) in [6.07, 6.45) is -3.14. The molecule has 7 nitrogen and oxygen atoms in total. The second-order valence-corrected chi connectivity index (χ2v) is 10.3. The lowest BCUT2D eigenvalue weighted by atomic mass is 9.82. The van der Waals surface area contributed by atoms with Gasteiger partial charge >= 0.3 is 6.18 Å². The summed E-state index contributed by atoms with van der Waals surface area (Å²) in [4.78, 5) is 32.5. The van der Waals surface area contributed by atoms with E-state index in [9.17, 15) is 27.2 Å². The molecule has 202 valence electrons. The molecule has 0 saturated heterocycles. The number of fused-ring (bicyclic) bond motifs is 2. The van der Waals surface area contributed by atoms with E-state index in [1.807, 2.05) is 0 Å². The lowest BCUT2D eigenvalue weighted by Gasteiger charge is -2.24. The molecule has 12 heteroatoms. The Hall–Kier alpha value is -3.93. The fraction of sp³-hybridized carbons (Fsp3) is 0.222. The van der Waals surface area contributed by atoms with Crippen LogP contribution in [0.5, 0.6) is 5.75 Å². The number of benzene rings is 2. The Morgan fingerprint density at radius 3 is 2.59 bits per heavy atom. The fourth-order valence-electron chi connectivity index (χ4n) is 4.53. The van der Waals surface area contributed by atoms with Crippen LogP contribution in [-0.2, 0) is 10.2 Å². The Labute approximate surface area is 227 Å². The molecule has 0 bridgehead atoms. The molecular formula is C27H21BrF4N4O3. The number of carbonyl (C=O) groups excluding carboxylic acids is 2. The summed E-state index contributed by atoms with van der Waals surface area (Å²) in [6, 6.07) is 10.9. The van der Waals surface area contributed by atoms with Gasteiger partial charge < -0.3 is 20.8 Å². The third-order valence-electron chi connectivity index (χ3n) is 6.85. The van der Waals surface area contributed by atoms with Gasteiger partial charge in [0.15, 0.2) is 0 Å². The summed E-state index contributed by atoms with van der Waals surface area (Å²) in [5.74, 6) is -4.18. The van der Waals surface area contributed by atoms with Crippen LogP contribution in [0.15, 0.2) is 59.2 Å². The first-order valence-electron chi connectivity index (χ1n) is 11.7. The summed E-state index contributed by atoms with van der Waals surface area (Å²) in [7, 11) is 0. The molecule has 3 heterocycles. The Morgan fingerprint density at radius 1 is 1.21 bits per heavy atom. The number of nitrogens with one attached hydrogen (secondary N) is 2. The molecule has 0 saturated carbocycles. The zero-order valence-electron chi connectivity index (χ0n) is 20.3. The van der Waals surface area contributed by atoms with Crippen molar-refractivity contribution < 1.29 is 31.9 Å². The minimum Gasteiger partial charge on any atom is -0.489 e. The van der Waals surface area contributed by atoms with E-state index in [0.717, 1.165) is 23.7 Å². The van der Waals surface area contributed by atoms with Gasteiger partial charge in [-0.1, -0.05) is 0 Å². The van der Waals surface area contributed by atoms with Crippen LogP contribution in [-0.4, -0.2) is 41.1 Å². The maximum Gasteiger partial charge on any atom is 0.398 e. The minimum atomic E-state index is -4.82. The molecule has 2 aromatic carbocycles. The van der Waals surface area contributed by atoms with Gasteiger partial charge in [0.1, 0.15) is 35.2 Å². The first kappa shape index (κ1) is 26.7. The van der Waals surface area contributed by atoms with Crippen LogP contribution in [0.2, 0.25) is 0 Å². The number of carbonyl (C=O) groups is 2. The SMILES string of the molecule is C[C@]1(C(N)=O)COc2c1cc(C(CNC(=O)c1cc(Br)c3[nH]ccc3c1)C(F)(F)F)nc2-c1ccc(F)cc1. The van der Waals surface area contributed by atoms with Crippen molar-refractivity contribution in [2.45, 2.75) is 24.4 Å². The van der Waals surface area contributed by atoms with E-state index in [1.54, 1.807) is 18.3 Å². The Morgan fingerprint density at radius 2 is 1.92 bits per heavy atom. The van der Waals surface area contributed by atoms with Gasteiger partial charge in [-0.25, -0.2) is 9.37 Å². The number of aromatic amines is 1. The topological polar surface area (TPSA) is 110 Å². The lowest BCUT2D eigenvalue weighted by molar-refractivity contribution is -0.149. The fourth-order valence-corrected chi connectivity index (χ4v) is 5.12. The molecule has 0 radical (unpaired) electrons. The van der Waals surface area contributed by atoms with E-state index in [-0.39, 0.29) is 34.7 Å². The summed E-state index contributed by atoms with van der Waals surface area (Å²) < 4.78 is 63.1. The van der Waals surface area contributed by atoms with Crippen molar-refractivity contribution in [2.24, 2.45) is 5.73 Å². The van der Waals surface area contributed by atoms with Gasteiger partial charge in [0, 0.05) is 39.3 Å². The Bertz CT molecular complexity index is 1600. The van der Waals surface area contributed by atoms with Gasteiger partial charge in [0.05, 0.1) is 11.2 Å². The maximum absolute atomic E-state index is 14.4. The molecule has 1 unspecified atom stereocenters. The number of ether oxygens (including phenoxy) is 1. The van der Waals surface area contributed by atoms with E-state index in [4.69, 9.17) is 10.5 Å². The van der Waals surface area contributed by atoms with Gasteiger partial charge in [-0.15, -0.1) is 0 Å². The number of nitrogens with zero attached hydrogens (tertiary/aromatic N) is 1. The molecular weight excluding hydrogens is 584 g/mol. The largest absolute Gasteiger partial charge is 0.489 e. The number of alkyl halides is 3. The number of amides is 2. The Balaban J connectivity index is 1.55. The monoisotopic (exact) mass is 604 g/mol. The average Bonchev–Trinajstić information content (AvgIpc) is 3.49. The quantitative estimate of drug-likeness (QED) is 0.258. The van der Waals surface area contributed by atoms with E-state index in [1.165, 1.54) is 25.1 Å². The summed E-state index contributed by atoms with van der Waals surface area (Å²) >= 11 is 3.35. The van der Waals surface area contributed by atoms with Crippen molar-refractivity contribution in [3.05, 3.63) is 81.8 Å². The molecule has 5 rings (SSSR count). The van der Waals surface area contributed by atoms with Crippen molar-refractivity contribution in [1.82, 2.24) is 15.3 Å². The van der Waals surface area contributed by atoms with Crippen LogP contribution in [0.25, 0.3) is 22.2 Å². The highest BCUT2D eigenvalue weighted by Gasteiger charge is 2.47. The zero-order chi connectivity index (χ0) is 28.1. The second kappa shape index (κ2) is 9.67. The predicted octanol–water partition coefficient (Wildman–Crippen LogP) is 5.34. The standard InChI is InChI=1S/C27H21BrF4N4O3/c1-26(25(33)38)12-39-23-17(26)10-20(36-22(23)13-2-4-16(29)5-3-13)18(27(30,31)32)11-35-24(37)15-8-14-6-7-34-21(14)19(28)9-15/h2-10,18,34H,11-12H2,1H3,(H2,33,38)(H,35,37)/t18?,26-/m0/s1. The lowest BCUT2D eigenvalue weighted by Crippen LogP contribution is -2.40. The van der Waals surface area contributed by atoms with Gasteiger partial charge in [0.2, 0.25) is 5.91 Å². The summed E-state index contributed by atoms with van der Waals surface area (Å²) in [5.41, 5.74) is 5.09. The van der Waals surface area contributed by atoms with Gasteiger partial charge in [0.25, 0.3) is 5.91 Å². The molecule has 0 spiro atoms. The first-order valence-corrected chi connectivity index (χ1v) is 12.5. The van der Waals surface area contributed by atoms with Crippen molar-refractivity contribution in [1.29, 1.82) is 0 Å². The maximum atomic E-state index is 14.4. The molecule has 1 aliphatic heterocycles. The van der Waals surface area contributed by atoms with Crippen molar-refractivity contribution in [3.63, 3.8) is 0 Å². The van der Waals surface area contributed by atoms with E-state index < -0.39 is 47.4 Å². The van der Waals surface area contributed by atoms with Crippen LogP contribution >= 0.6 is 15.9 Å². The Kier molecular flexibility index (Phi) is 6.61. The summed E-state index contributed by atoms with van der Waals surface area (Å²) in [5, 5.41) is 3.07. The number of halogens is 5. The molecule has 0 fully saturated rings. The number of nitrogens with two attached hydrogens (primary N) is 1. The molecule has 1 aliphatic rings. The van der Waals surface area contributed by atoms with Crippen molar-refractivity contribution >= 4 is 38.6 Å². The highest BCUT2D eigenvalue weighted by Crippen LogP contribution is 2.46. The summed E-state index contributed by atoms with van der Waals surface area (Å²) in [6.45, 7) is 0.452. The highest BCUT2D eigenvalue weighted by molar-refractivity contribution is 9.10. The van der Waals surface area contributed by atoms with E-state index >= 15 is 0 Å². The average molecular weight is 605 g/mol. The number of rotatable bonds is 6. The number of aromatic nitrogens is 2. The number of hydrogen-bond acceptors (Lipinski definition) is 4. The van der Waals surface area contributed by atoms with Crippen LogP contribution in [0.4, 0.5) is 17.6 Å². The molecule has 4 aromatic rings. The molecule has 2 atom stereocenters. The molecule has 4 N–H and O–H groups in total. The van der Waals surface area contributed by atoms with Crippen LogP contribution in [0, 0.1) is 5.82 Å². The third-order valence-corrected chi connectivity index (χ3v) is 7.47. The van der Waals surface area contributed by atoms with Gasteiger partial charge in [-0.3, -0.25) is 9.59 Å². The number of hydrogen-bond donors (Lipinski definition) is 3. The first-order chi connectivity index (χ1) is 18.4. The van der Waals surface area contributed by atoms with Crippen molar-refractivity contribution in [3.8, 4) is 17.0 Å². The molecule has 2 aromatic heterocycles. The van der Waals surface area contributed by atoms with E-state index in [2.05, 4.69) is 31.2 Å². The molecule has 39 heavy (non-hydrogen) atoms. The van der Waals surface area contributed by atoms with Crippen molar-refractivity contribution in [2.75, 3.05) is 13.2 Å². The van der Waals surface area contributed by atoms with E-state index in [0.29, 0.717) is 9.86 Å². The van der Waals surface area contributed by atoms with Crippen LogP contribution in [0.1, 0.15) is 34.5 Å². The third kappa shape index (κ3) is 4.84. The van der Waals surface area contributed by atoms with Gasteiger partial charge in [-0.2, -0.15) is 13.2 Å². The minimum absolute atomic E-state index is 0.00916. The normalized spacial score (nSPS) is 17.5. The number of pyridine rings is 1. The predicted molar refractivity (Wildman–Crippen MR) is 139 cm³/mol. The highest BCUT2D eigenvalue weighted by atomic mass is 79.9.